The van der Waals surface area contributed by atoms with Crippen LogP contribution in [0.5, 0.6) is 0 Å². The molecule has 0 heterocycles. The van der Waals surface area contributed by atoms with Gasteiger partial charge in [0.1, 0.15) is 0 Å². The van der Waals surface area contributed by atoms with Gasteiger partial charge in [0.2, 0.25) is 0 Å². The molecule has 0 atom stereocenters. The first-order chi connectivity index (χ1) is 11.6. The molecule has 3 rings (SSSR count). The van der Waals surface area contributed by atoms with Gasteiger partial charge >= 0.3 is 153 Å². The first-order valence-corrected chi connectivity index (χ1v) is 12.0. The molecule has 0 aromatic heterocycles. The first-order valence-electron chi connectivity index (χ1n) is 8.15. The number of rotatable bonds is 2. The van der Waals surface area contributed by atoms with E-state index in [-0.39, 0.29) is 0 Å². The molecule has 3 aromatic rings. The van der Waals surface area contributed by atoms with Crippen LogP contribution in [0, 0.1) is 30.6 Å². The first kappa shape index (κ1) is 16.9. The summed E-state index contributed by atoms with van der Waals surface area (Å²) in [6, 6.07) is 25.8. The molecule has 0 unspecified atom stereocenters. The van der Waals surface area contributed by atoms with Gasteiger partial charge in [0.15, 0.2) is 0 Å². The van der Waals surface area contributed by atoms with Crippen molar-refractivity contribution in [3.05, 3.63) is 95.1 Å². The Hall–Kier alpha value is -1.96. The van der Waals surface area contributed by atoms with Gasteiger partial charge in [-0.05, 0) is 0 Å². The quantitative estimate of drug-likeness (QED) is 0.438. The van der Waals surface area contributed by atoms with Crippen LogP contribution < -0.4 is 7.02 Å². The maximum absolute atomic E-state index is 3.70. The van der Waals surface area contributed by atoms with Gasteiger partial charge in [-0.15, -0.1) is 0 Å². The Morgan fingerprint density at radius 1 is 0.708 bits per heavy atom. The Kier molecular flexibility index (Phi) is 5.44. The number of hydrogen-bond donors (Lipinski definition) is 0. The molecular weight excluding hydrogens is 398 g/mol. The van der Waals surface area contributed by atoms with Gasteiger partial charge in [-0.1, -0.05) is 0 Å². The van der Waals surface area contributed by atoms with E-state index in [0.29, 0.717) is 0 Å². The van der Waals surface area contributed by atoms with Crippen LogP contribution in [0.1, 0.15) is 22.3 Å². The average molecular weight is 419 g/mol. The van der Waals surface area contributed by atoms with Crippen LogP contribution >= 0.6 is 0 Å². The van der Waals surface area contributed by atoms with Crippen molar-refractivity contribution in [1.29, 1.82) is 0 Å². The molecule has 0 spiro atoms. The molecule has 0 aliphatic rings. The summed E-state index contributed by atoms with van der Waals surface area (Å²) in [7, 11) is 0. The molecule has 0 saturated carbocycles. The van der Waals surface area contributed by atoms with Crippen molar-refractivity contribution in [2.45, 2.75) is 20.8 Å². The van der Waals surface area contributed by atoms with E-state index in [9.17, 15) is 0 Å². The second-order valence-electron chi connectivity index (χ2n) is 6.02. The molecule has 24 heavy (non-hydrogen) atoms. The van der Waals surface area contributed by atoms with Gasteiger partial charge in [0.25, 0.3) is 0 Å². The van der Waals surface area contributed by atoms with Gasteiger partial charge in [-0.2, -0.15) is 0 Å². The zero-order valence-corrected chi connectivity index (χ0v) is 16.9. The third-order valence-electron chi connectivity index (χ3n) is 3.96. The van der Waals surface area contributed by atoms with Crippen LogP contribution in [0.2, 0.25) is 0 Å². The van der Waals surface area contributed by atoms with Gasteiger partial charge in [0.05, 0.1) is 0 Å². The molecule has 1 heteroatoms. The summed E-state index contributed by atoms with van der Waals surface area (Å²) in [6.45, 7) is 6.64. The van der Waals surface area contributed by atoms with Crippen molar-refractivity contribution < 1.29 is 0 Å². The average Bonchev–Trinajstić information content (AvgIpc) is 2.58. The predicted octanol–water partition coefficient (Wildman–Crippen LogP) is 3.81. The zero-order valence-electron chi connectivity index (χ0n) is 14.4. The van der Waals surface area contributed by atoms with Gasteiger partial charge in [-0.25, -0.2) is 0 Å². The van der Waals surface area contributed by atoms with Crippen LogP contribution in [0.4, 0.5) is 0 Å². The fraction of sp³-hybridized carbons (Fsp3) is 0.130. The maximum atomic E-state index is 3.70. The van der Waals surface area contributed by atoms with Crippen molar-refractivity contribution in [3.8, 4) is 9.79 Å². The third-order valence-corrected chi connectivity index (χ3v) is 10.5. The Labute approximate surface area is 152 Å². The van der Waals surface area contributed by atoms with Crippen LogP contribution in [0.25, 0.3) is 0 Å². The zero-order chi connectivity index (χ0) is 16.9. The molecule has 0 amide bonds. The Balaban J connectivity index is 2.13. The Bertz CT molecular complexity index is 861. The summed E-state index contributed by atoms with van der Waals surface area (Å²) in [5.41, 5.74) is 5.21. The molecule has 3 aromatic carbocycles. The molecule has 0 saturated heterocycles. The molecule has 0 aliphatic heterocycles. The fourth-order valence-corrected chi connectivity index (χ4v) is 8.83. The van der Waals surface area contributed by atoms with Gasteiger partial charge in [0, 0.05) is 0 Å². The number of aryl methyl sites for hydroxylation is 3. The summed E-state index contributed by atoms with van der Waals surface area (Å²) in [6.07, 6.45) is 0. The molecular formula is C23H21Sb. The van der Waals surface area contributed by atoms with E-state index in [2.05, 4.69) is 97.3 Å². The third kappa shape index (κ3) is 3.92. The SMILES string of the molecule is Cc1cc(C)[c]([Sb]([C]#Cc2ccccc2)[c]2ccccc2)c(C)c1. The standard InChI is InChI=1S/C9H11.C8H5.C6H5.Sb/c1-7-4-8(2)6-9(3)5-7;1-2-8-6-4-3-5-7-8;1-2-4-6-5-3-1;/h4-5H,1-3H3;3-7H;1-5H;. The summed E-state index contributed by atoms with van der Waals surface area (Å²) in [5, 5.41) is 0. The van der Waals surface area contributed by atoms with Gasteiger partial charge < -0.3 is 0 Å². The number of benzene rings is 3. The molecule has 118 valence electrons. The molecule has 0 aliphatic carbocycles. The normalized spacial score (nSPS) is 10.3. The van der Waals surface area contributed by atoms with Crippen LogP contribution in [0.15, 0.2) is 72.8 Å². The minimum atomic E-state index is -2.12. The van der Waals surface area contributed by atoms with Crippen molar-refractivity contribution in [2.24, 2.45) is 0 Å². The monoisotopic (exact) mass is 418 g/mol. The van der Waals surface area contributed by atoms with Crippen LogP contribution in [0.3, 0.4) is 0 Å². The van der Waals surface area contributed by atoms with E-state index < -0.39 is 20.2 Å². The Morgan fingerprint density at radius 2 is 1.25 bits per heavy atom. The van der Waals surface area contributed by atoms with Crippen molar-refractivity contribution in [1.82, 2.24) is 0 Å². The topological polar surface area (TPSA) is 0 Å². The minimum absolute atomic E-state index is 1.10. The van der Waals surface area contributed by atoms with E-state index in [1.807, 2.05) is 6.07 Å². The van der Waals surface area contributed by atoms with Crippen LogP contribution in [-0.4, -0.2) is 20.2 Å². The Morgan fingerprint density at radius 3 is 1.83 bits per heavy atom. The van der Waals surface area contributed by atoms with E-state index in [0.717, 1.165) is 5.56 Å². The molecule has 0 N–H and O–H groups in total. The van der Waals surface area contributed by atoms with Crippen LogP contribution in [-0.2, 0) is 0 Å². The van der Waals surface area contributed by atoms with E-state index >= 15 is 0 Å². The van der Waals surface area contributed by atoms with E-state index in [4.69, 9.17) is 0 Å². The summed E-state index contributed by atoms with van der Waals surface area (Å²) in [4.78, 5) is 0. The van der Waals surface area contributed by atoms with Crippen molar-refractivity contribution in [3.63, 3.8) is 0 Å². The second kappa shape index (κ2) is 7.74. The molecule has 0 fully saturated rings. The molecule has 0 nitrogen and oxygen atoms in total. The summed E-state index contributed by atoms with van der Waals surface area (Å²) < 4.78 is 6.64. The number of hydrogen-bond acceptors (Lipinski definition) is 0. The summed E-state index contributed by atoms with van der Waals surface area (Å²) in [5.74, 6) is 3.44. The second-order valence-corrected chi connectivity index (χ2v) is 11.3. The fourth-order valence-electron chi connectivity index (χ4n) is 2.99. The van der Waals surface area contributed by atoms with E-state index in [1.165, 1.54) is 23.7 Å². The van der Waals surface area contributed by atoms with E-state index in [1.54, 1.807) is 0 Å². The van der Waals surface area contributed by atoms with Crippen molar-refractivity contribution >= 4 is 27.2 Å². The summed E-state index contributed by atoms with van der Waals surface area (Å²) >= 11 is -2.12. The molecule has 0 bridgehead atoms. The molecule has 0 radical (unpaired) electrons. The van der Waals surface area contributed by atoms with Gasteiger partial charge in [-0.3, -0.25) is 0 Å². The van der Waals surface area contributed by atoms with Crippen molar-refractivity contribution in [2.75, 3.05) is 0 Å². The predicted molar refractivity (Wildman–Crippen MR) is 105 cm³/mol.